The van der Waals surface area contributed by atoms with Gasteiger partial charge in [-0.05, 0) is 43.4 Å². The van der Waals surface area contributed by atoms with Crippen LogP contribution in [-0.4, -0.2) is 107 Å². The van der Waals surface area contributed by atoms with Gasteiger partial charge in [0, 0.05) is 62.6 Å². The fraction of sp³-hybridized carbons (Fsp3) is 0.436. The summed E-state index contributed by atoms with van der Waals surface area (Å²) in [6.07, 6.45) is 2.56. The molecule has 14 heteroatoms. The molecule has 1 aliphatic rings. The third-order valence-electron chi connectivity index (χ3n) is 9.32. The third-order valence-corrected chi connectivity index (χ3v) is 10.3. The van der Waals surface area contributed by atoms with Gasteiger partial charge in [-0.1, -0.05) is 61.9 Å². The average Bonchev–Trinajstić information content (AvgIpc) is 3.78. The van der Waals surface area contributed by atoms with Crippen LogP contribution in [0.4, 0.5) is 0 Å². The van der Waals surface area contributed by atoms with Crippen LogP contribution in [0.25, 0.3) is 10.9 Å². The highest BCUT2D eigenvalue weighted by Gasteiger charge is 2.30. The van der Waals surface area contributed by atoms with Crippen LogP contribution in [-0.2, 0) is 32.1 Å². The van der Waals surface area contributed by atoms with Gasteiger partial charge in [0.1, 0.15) is 22.8 Å². The van der Waals surface area contributed by atoms with Crippen molar-refractivity contribution in [2.75, 3.05) is 40.3 Å². The van der Waals surface area contributed by atoms with E-state index < -0.39 is 35.8 Å². The lowest BCUT2D eigenvalue weighted by atomic mass is 10.0. The molecule has 0 radical (unpaired) electrons. The van der Waals surface area contributed by atoms with Crippen LogP contribution in [0.3, 0.4) is 0 Å². The van der Waals surface area contributed by atoms with E-state index in [0.717, 1.165) is 27.6 Å². The minimum absolute atomic E-state index is 0.0689. The van der Waals surface area contributed by atoms with Crippen molar-refractivity contribution in [1.82, 2.24) is 40.6 Å². The van der Waals surface area contributed by atoms with Gasteiger partial charge in [0.15, 0.2) is 0 Å². The molecule has 3 atom stereocenters. The largest absolute Gasteiger partial charge is 0.361 e. The maximum absolute atomic E-state index is 13.9. The molecule has 1 aliphatic heterocycles. The molecule has 3 heterocycles. The second kappa shape index (κ2) is 17.6. The average molecular weight is 743 g/mol. The van der Waals surface area contributed by atoms with E-state index in [1.165, 1.54) is 28.2 Å². The molecule has 0 fully saturated rings. The number of rotatable bonds is 6. The number of hydrogen-bond donors (Lipinski definition) is 4. The Bertz CT molecular complexity index is 1920. The van der Waals surface area contributed by atoms with Crippen LogP contribution in [0.15, 0.2) is 60.1 Å². The second-order valence-electron chi connectivity index (χ2n) is 14.3. The van der Waals surface area contributed by atoms with Crippen molar-refractivity contribution >= 4 is 51.8 Å². The van der Waals surface area contributed by atoms with Gasteiger partial charge in [-0.25, -0.2) is 4.98 Å². The molecule has 13 nitrogen and oxygen atoms in total. The maximum Gasteiger partial charge on any atom is 0.271 e. The first-order valence-corrected chi connectivity index (χ1v) is 18.8. The molecule has 4 aromatic rings. The Morgan fingerprint density at radius 2 is 1.57 bits per heavy atom. The molecule has 2 aromatic carbocycles. The van der Waals surface area contributed by atoms with Crippen LogP contribution < -0.4 is 16.0 Å². The third kappa shape index (κ3) is 10.5. The fourth-order valence-corrected chi connectivity index (χ4v) is 7.31. The summed E-state index contributed by atoms with van der Waals surface area (Å²) in [7, 11) is 3.16. The van der Waals surface area contributed by atoms with Crippen LogP contribution in [0.1, 0.15) is 65.4 Å². The summed E-state index contributed by atoms with van der Waals surface area (Å²) >= 11 is 1.28. The molecular weight excluding hydrogens is 693 g/mol. The van der Waals surface area contributed by atoms with Gasteiger partial charge in [-0.2, -0.15) is 0 Å². The molecule has 53 heavy (non-hydrogen) atoms. The number of aromatic amines is 1. The zero-order valence-electron chi connectivity index (χ0n) is 31.3. The normalized spacial score (nSPS) is 20.7. The summed E-state index contributed by atoms with van der Waals surface area (Å²) in [6.45, 7) is 8.67. The Kier molecular flexibility index (Phi) is 13.0. The van der Waals surface area contributed by atoms with Gasteiger partial charge in [0.05, 0.1) is 19.1 Å². The van der Waals surface area contributed by atoms with E-state index in [9.17, 15) is 24.0 Å². The molecule has 0 saturated carbocycles. The fourth-order valence-electron chi connectivity index (χ4n) is 6.45. The van der Waals surface area contributed by atoms with Crippen LogP contribution in [0.2, 0.25) is 0 Å². The quantitative estimate of drug-likeness (QED) is 0.236. The monoisotopic (exact) mass is 742 g/mol. The molecule has 0 unspecified atom stereocenters. The molecular formula is C39H50N8O5S. The van der Waals surface area contributed by atoms with E-state index >= 15 is 0 Å². The highest BCUT2D eigenvalue weighted by molar-refractivity contribution is 7.09. The van der Waals surface area contributed by atoms with E-state index in [2.05, 4.69) is 39.8 Å². The van der Waals surface area contributed by atoms with E-state index in [0.29, 0.717) is 31.1 Å². The minimum Gasteiger partial charge on any atom is -0.361 e. The molecule has 0 aliphatic carbocycles. The molecule has 5 amide bonds. The topological polar surface area (TPSA) is 160 Å². The minimum atomic E-state index is -1.03. The van der Waals surface area contributed by atoms with Crippen molar-refractivity contribution in [3.8, 4) is 0 Å². The number of aromatic nitrogens is 2. The standard InChI is InChI=1S/C39H50N8O5S/c1-24(2)17-31-37-44-33(23-53-37)36(50)43-32(18-28-19-40-30-10-8-7-9-29(28)30)39(52)46(6)21-34(48)41-26(4)38(51)45(5)15-16-47(22-35(49)42-31)20-27-13-11-25(3)12-14-27/h7-14,19,23-24,26,31-32,40H,15-18,20-22H2,1-6H3,(H,41,48)(H,42,49)(H,43,50)/t26-,31-,32+/m0/s1. The zero-order chi connectivity index (χ0) is 38.2. The summed E-state index contributed by atoms with van der Waals surface area (Å²) in [5, 5.41) is 11.9. The van der Waals surface area contributed by atoms with Crippen LogP contribution in [0.5, 0.6) is 0 Å². The Morgan fingerprint density at radius 1 is 0.849 bits per heavy atom. The highest BCUT2D eigenvalue weighted by Crippen LogP contribution is 2.25. The van der Waals surface area contributed by atoms with Gasteiger partial charge in [-0.15, -0.1) is 11.3 Å². The Hall–Kier alpha value is -5.08. The number of carbonyl (C=O) groups excluding carboxylic acids is 5. The number of hydrogen-bond acceptors (Lipinski definition) is 8. The molecule has 2 bridgehead atoms. The summed E-state index contributed by atoms with van der Waals surface area (Å²) in [5.41, 5.74) is 4.00. The number of carbonyl (C=O) groups is 5. The first-order valence-electron chi connectivity index (χ1n) is 17.9. The van der Waals surface area contributed by atoms with Gasteiger partial charge in [0.25, 0.3) is 5.91 Å². The smallest absolute Gasteiger partial charge is 0.271 e. The number of H-pyrrole nitrogens is 1. The number of benzene rings is 2. The number of thiazole rings is 1. The van der Waals surface area contributed by atoms with Crippen molar-refractivity contribution < 1.29 is 24.0 Å². The zero-order valence-corrected chi connectivity index (χ0v) is 32.1. The van der Waals surface area contributed by atoms with Crippen LogP contribution in [0, 0.1) is 12.8 Å². The highest BCUT2D eigenvalue weighted by atomic mass is 32.1. The summed E-state index contributed by atoms with van der Waals surface area (Å²) in [5.74, 6) is -1.84. The number of aryl methyl sites for hydroxylation is 1. The van der Waals surface area contributed by atoms with Crippen molar-refractivity contribution in [1.29, 1.82) is 0 Å². The van der Waals surface area contributed by atoms with E-state index in [1.807, 2.05) is 66.6 Å². The van der Waals surface area contributed by atoms with Crippen LogP contribution >= 0.6 is 11.3 Å². The first kappa shape index (κ1) is 39.1. The Labute approximate surface area is 314 Å². The van der Waals surface area contributed by atoms with E-state index in [1.54, 1.807) is 19.4 Å². The van der Waals surface area contributed by atoms with Crippen molar-refractivity contribution in [3.05, 3.63) is 87.5 Å². The molecule has 0 spiro atoms. The van der Waals surface area contributed by atoms with Crippen molar-refractivity contribution in [2.24, 2.45) is 5.92 Å². The molecule has 5 rings (SSSR count). The van der Waals surface area contributed by atoms with Gasteiger partial charge < -0.3 is 30.7 Å². The lowest BCUT2D eigenvalue weighted by molar-refractivity contribution is -0.138. The lowest BCUT2D eigenvalue weighted by Crippen LogP contribution is -2.53. The molecule has 282 valence electrons. The SMILES string of the molecule is Cc1ccc(CN2CCN(C)C(=O)[C@H](C)NC(=O)CN(C)C(=O)[C@@H](Cc3c[nH]c4ccccc34)NC(=O)c3csc(n3)[C@H](CC(C)C)NC(=O)C2)cc1. The number of nitrogens with one attached hydrogen (secondary N) is 4. The number of para-hydroxylation sites is 1. The Morgan fingerprint density at radius 3 is 2.30 bits per heavy atom. The molecule has 2 aromatic heterocycles. The number of fused-ring (bicyclic) bond motifs is 3. The van der Waals surface area contributed by atoms with Gasteiger partial charge in [-0.3, -0.25) is 28.9 Å². The second-order valence-corrected chi connectivity index (χ2v) is 15.2. The number of likely N-dealkylation sites (N-methyl/N-ethyl adjacent to an activating group) is 2. The maximum atomic E-state index is 13.9. The lowest BCUT2D eigenvalue weighted by Gasteiger charge is -2.28. The van der Waals surface area contributed by atoms with E-state index in [4.69, 9.17) is 0 Å². The van der Waals surface area contributed by atoms with Crippen molar-refractivity contribution in [2.45, 2.75) is 65.2 Å². The van der Waals surface area contributed by atoms with Gasteiger partial charge >= 0.3 is 0 Å². The summed E-state index contributed by atoms with van der Waals surface area (Å²) < 4.78 is 0. The van der Waals surface area contributed by atoms with Gasteiger partial charge in [0.2, 0.25) is 23.6 Å². The summed E-state index contributed by atoms with van der Waals surface area (Å²) in [6, 6.07) is 13.4. The number of nitrogens with zero attached hydrogens (tertiary/aromatic N) is 4. The Balaban J connectivity index is 1.45. The predicted octanol–water partition coefficient (Wildman–Crippen LogP) is 3.41. The van der Waals surface area contributed by atoms with Crippen molar-refractivity contribution in [3.63, 3.8) is 0 Å². The molecule has 0 saturated heterocycles. The summed E-state index contributed by atoms with van der Waals surface area (Å²) in [4.78, 5) is 80.5. The predicted molar refractivity (Wildman–Crippen MR) is 205 cm³/mol. The number of amides is 5. The first-order chi connectivity index (χ1) is 25.3. The molecule has 4 N–H and O–H groups in total. The van der Waals surface area contributed by atoms with E-state index in [-0.39, 0.29) is 42.9 Å².